The third kappa shape index (κ3) is 3.88. The fraction of sp³-hybridized carbons (Fsp3) is 0.267. The number of nitrogens with zero attached hydrogens (tertiary/aromatic N) is 2. The molecule has 0 unspecified atom stereocenters. The van der Waals surface area contributed by atoms with Gasteiger partial charge in [-0.05, 0) is 25.0 Å². The Morgan fingerprint density at radius 1 is 1.29 bits per heavy atom. The number of anilines is 1. The molecule has 0 bridgehead atoms. The van der Waals surface area contributed by atoms with Gasteiger partial charge in [0.25, 0.3) is 5.91 Å². The maximum atomic E-state index is 12.5. The zero-order valence-corrected chi connectivity index (χ0v) is 12.5. The van der Waals surface area contributed by atoms with E-state index < -0.39 is 5.97 Å². The number of carbonyl (C=O) groups excluding carboxylic acids is 1. The van der Waals surface area contributed by atoms with Crippen molar-refractivity contribution in [1.29, 1.82) is 0 Å². The van der Waals surface area contributed by atoms with Gasteiger partial charge in [0.15, 0.2) is 0 Å². The Hall–Kier alpha value is -2.21. The van der Waals surface area contributed by atoms with Crippen molar-refractivity contribution in [2.45, 2.75) is 19.8 Å². The van der Waals surface area contributed by atoms with Gasteiger partial charge in [0.1, 0.15) is 11.4 Å². The van der Waals surface area contributed by atoms with Crippen molar-refractivity contribution in [2.24, 2.45) is 0 Å². The number of aromatic nitrogens is 1. The molecule has 0 saturated carbocycles. The number of para-hydroxylation sites is 1. The lowest BCUT2D eigenvalue weighted by Crippen LogP contribution is -2.35. The average Bonchev–Trinajstić information content (AvgIpc) is 2.94. The number of aryl methyl sites for hydroxylation is 1. The number of carbonyl (C=O) groups is 2. The second-order valence-electron chi connectivity index (χ2n) is 4.49. The summed E-state index contributed by atoms with van der Waals surface area (Å²) in [6.45, 7) is 1.67. The third-order valence-corrected chi connectivity index (χ3v) is 3.88. The largest absolute Gasteiger partial charge is 0.480 e. The minimum absolute atomic E-state index is 0.330. The number of thiazole rings is 1. The van der Waals surface area contributed by atoms with Crippen LogP contribution in [-0.2, 0) is 11.2 Å². The Balaban J connectivity index is 2.27. The first-order chi connectivity index (χ1) is 10.1. The molecule has 0 radical (unpaired) electrons. The van der Waals surface area contributed by atoms with Gasteiger partial charge in [-0.1, -0.05) is 25.1 Å². The molecule has 110 valence electrons. The number of hydrogen-bond acceptors (Lipinski definition) is 4. The molecule has 1 amide bonds. The van der Waals surface area contributed by atoms with Gasteiger partial charge >= 0.3 is 5.97 Å². The molecular formula is C15H16N2O3S. The Morgan fingerprint density at radius 2 is 2.00 bits per heavy atom. The van der Waals surface area contributed by atoms with E-state index in [9.17, 15) is 9.59 Å². The lowest BCUT2D eigenvalue weighted by molar-refractivity contribution is -0.135. The molecule has 1 heterocycles. The fourth-order valence-corrected chi connectivity index (χ4v) is 2.86. The summed E-state index contributed by atoms with van der Waals surface area (Å²) in [6, 6.07) is 8.79. The second kappa shape index (κ2) is 6.99. The predicted molar refractivity (Wildman–Crippen MR) is 81.9 cm³/mol. The van der Waals surface area contributed by atoms with E-state index in [4.69, 9.17) is 5.11 Å². The van der Waals surface area contributed by atoms with Crippen LogP contribution in [0.25, 0.3) is 0 Å². The molecule has 0 aliphatic carbocycles. The molecular weight excluding hydrogens is 288 g/mol. The van der Waals surface area contributed by atoms with Crippen LogP contribution in [0.4, 0.5) is 5.69 Å². The quantitative estimate of drug-likeness (QED) is 0.891. The van der Waals surface area contributed by atoms with Crippen LogP contribution in [-0.4, -0.2) is 28.5 Å². The molecule has 0 spiro atoms. The first-order valence-electron chi connectivity index (χ1n) is 6.65. The van der Waals surface area contributed by atoms with Gasteiger partial charge < -0.3 is 5.11 Å². The van der Waals surface area contributed by atoms with Gasteiger partial charge in [0.2, 0.25) is 0 Å². The summed E-state index contributed by atoms with van der Waals surface area (Å²) in [6.07, 6.45) is 3.30. The van der Waals surface area contributed by atoms with Crippen LogP contribution in [0.1, 0.15) is 28.0 Å². The van der Waals surface area contributed by atoms with Gasteiger partial charge in [0.05, 0.1) is 11.2 Å². The minimum atomic E-state index is -1.05. The predicted octanol–water partition coefficient (Wildman–Crippen LogP) is 2.83. The van der Waals surface area contributed by atoms with E-state index in [0.717, 1.165) is 17.8 Å². The van der Waals surface area contributed by atoms with Crippen LogP contribution in [0.3, 0.4) is 0 Å². The topological polar surface area (TPSA) is 70.5 Å². The van der Waals surface area contributed by atoms with Crippen LogP contribution in [0.5, 0.6) is 0 Å². The number of amides is 1. The minimum Gasteiger partial charge on any atom is -0.480 e. The lowest BCUT2D eigenvalue weighted by Gasteiger charge is -2.19. The zero-order chi connectivity index (χ0) is 15.2. The number of rotatable bonds is 6. The molecule has 5 nitrogen and oxygen atoms in total. The van der Waals surface area contributed by atoms with E-state index in [1.165, 1.54) is 22.4 Å². The van der Waals surface area contributed by atoms with Crippen molar-refractivity contribution in [3.05, 3.63) is 46.4 Å². The summed E-state index contributed by atoms with van der Waals surface area (Å²) < 4.78 is 0. The number of hydrogen-bond donors (Lipinski definition) is 1. The summed E-state index contributed by atoms with van der Waals surface area (Å²) >= 11 is 1.32. The monoisotopic (exact) mass is 304 g/mol. The summed E-state index contributed by atoms with van der Waals surface area (Å²) in [7, 11) is 0. The zero-order valence-electron chi connectivity index (χ0n) is 11.7. The second-order valence-corrected chi connectivity index (χ2v) is 5.60. The van der Waals surface area contributed by atoms with E-state index in [1.807, 2.05) is 13.0 Å². The maximum absolute atomic E-state index is 12.5. The molecule has 2 rings (SSSR count). The number of benzene rings is 1. The summed E-state index contributed by atoms with van der Waals surface area (Å²) in [5.74, 6) is -1.38. The molecule has 0 fully saturated rings. The van der Waals surface area contributed by atoms with Gasteiger partial charge in [0, 0.05) is 5.69 Å². The summed E-state index contributed by atoms with van der Waals surface area (Å²) in [4.78, 5) is 29.5. The fourth-order valence-electron chi connectivity index (χ4n) is 1.90. The SMILES string of the molecule is CCCc1ncc(C(=O)N(CC(=O)O)c2ccccc2)s1. The standard InChI is InChI=1S/C15H16N2O3S/c1-2-6-13-16-9-12(21-13)15(20)17(10-14(18)19)11-7-4-3-5-8-11/h3-5,7-9H,2,6,10H2,1H3,(H,18,19). The molecule has 1 aromatic heterocycles. The van der Waals surface area contributed by atoms with E-state index in [-0.39, 0.29) is 12.5 Å². The van der Waals surface area contributed by atoms with E-state index in [1.54, 1.807) is 24.3 Å². The van der Waals surface area contributed by atoms with E-state index in [0.29, 0.717) is 10.6 Å². The van der Waals surface area contributed by atoms with Crippen molar-refractivity contribution < 1.29 is 14.7 Å². The van der Waals surface area contributed by atoms with Crippen LogP contribution in [0.15, 0.2) is 36.5 Å². The van der Waals surface area contributed by atoms with E-state index in [2.05, 4.69) is 4.98 Å². The molecule has 21 heavy (non-hydrogen) atoms. The van der Waals surface area contributed by atoms with Crippen LogP contribution in [0, 0.1) is 0 Å². The van der Waals surface area contributed by atoms with Crippen molar-refractivity contribution in [1.82, 2.24) is 4.98 Å². The van der Waals surface area contributed by atoms with Crippen LogP contribution < -0.4 is 4.90 Å². The normalized spacial score (nSPS) is 10.3. The van der Waals surface area contributed by atoms with Crippen LogP contribution in [0.2, 0.25) is 0 Å². The Labute approximate surface area is 126 Å². The summed E-state index contributed by atoms with van der Waals surface area (Å²) in [5, 5.41) is 9.92. The first kappa shape index (κ1) is 15.2. The van der Waals surface area contributed by atoms with Crippen molar-refractivity contribution >= 4 is 28.9 Å². The number of carboxylic acid groups (broad SMARTS) is 1. The highest BCUT2D eigenvalue weighted by atomic mass is 32.1. The molecule has 0 saturated heterocycles. The van der Waals surface area contributed by atoms with Crippen molar-refractivity contribution in [3.63, 3.8) is 0 Å². The van der Waals surface area contributed by atoms with Crippen molar-refractivity contribution in [2.75, 3.05) is 11.4 Å². The number of aliphatic carboxylic acids is 1. The van der Waals surface area contributed by atoms with Gasteiger partial charge in [-0.2, -0.15) is 0 Å². The van der Waals surface area contributed by atoms with Gasteiger partial charge in [-0.25, -0.2) is 4.98 Å². The van der Waals surface area contributed by atoms with Gasteiger partial charge in [-0.15, -0.1) is 11.3 Å². The molecule has 2 aromatic rings. The van der Waals surface area contributed by atoms with Crippen molar-refractivity contribution in [3.8, 4) is 0 Å². The molecule has 0 aliphatic rings. The summed E-state index contributed by atoms with van der Waals surface area (Å²) in [5.41, 5.74) is 0.565. The highest BCUT2D eigenvalue weighted by Gasteiger charge is 2.22. The lowest BCUT2D eigenvalue weighted by atomic mass is 10.2. The molecule has 6 heteroatoms. The highest BCUT2D eigenvalue weighted by molar-refractivity contribution is 7.13. The smallest absolute Gasteiger partial charge is 0.323 e. The Morgan fingerprint density at radius 3 is 2.62 bits per heavy atom. The van der Waals surface area contributed by atoms with E-state index >= 15 is 0 Å². The van der Waals surface area contributed by atoms with Gasteiger partial charge in [-0.3, -0.25) is 14.5 Å². The maximum Gasteiger partial charge on any atom is 0.323 e. The molecule has 1 aromatic carbocycles. The van der Waals surface area contributed by atoms with Crippen LogP contribution >= 0.6 is 11.3 Å². The third-order valence-electron chi connectivity index (χ3n) is 2.83. The highest BCUT2D eigenvalue weighted by Crippen LogP contribution is 2.21. The molecule has 0 aliphatic heterocycles. The Kier molecular flexibility index (Phi) is 5.05. The molecule has 1 N–H and O–H groups in total. The Bertz CT molecular complexity index is 625. The number of carboxylic acids is 1. The molecule has 0 atom stereocenters. The first-order valence-corrected chi connectivity index (χ1v) is 7.47. The average molecular weight is 304 g/mol.